The van der Waals surface area contributed by atoms with Crippen molar-refractivity contribution in [1.82, 2.24) is 4.90 Å². The van der Waals surface area contributed by atoms with Crippen molar-refractivity contribution < 1.29 is 19.4 Å². The van der Waals surface area contributed by atoms with Crippen LogP contribution < -0.4 is 0 Å². The van der Waals surface area contributed by atoms with Crippen LogP contribution in [-0.4, -0.2) is 54.1 Å². The van der Waals surface area contributed by atoms with Crippen LogP contribution in [-0.2, 0) is 11.3 Å². The normalized spacial score (nSPS) is 25.4. The molecule has 1 aromatic heterocycles. The molecule has 1 fully saturated rings. The van der Waals surface area contributed by atoms with Crippen molar-refractivity contribution in [3.63, 3.8) is 0 Å². The van der Waals surface area contributed by atoms with Crippen LogP contribution in [0.5, 0.6) is 0 Å². The number of benzene rings is 1. The van der Waals surface area contributed by atoms with Crippen molar-refractivity contribution in [2.24, 2.45) is 5.92 Å². The highest BCUT2D eigenvalue weighted by Gasteiger charge is 2.32. The molecule has 23 heavy (non-hydrogen) atoms. The smallest absolute Gasteiger partial charge is 0.134 e. The summed E-state index contributed by atoms with van der Waals surface area (Å²) in [6, 6.07) is 6.25. The number of aryl methyl sites for hydroxylation is 2. The number of aliphatic hydroxyl groups is 2. The third-order valence-corrected chi connectivity index (χ3v) is 4.65. The molecule has 2 N–H and O–H groups in total. The highest BCUT2D eigenvalue weighted by Crippen LogP contribution is 2.27. The second-order valence-corrected chi connectivity index (χ2v) is 6.70. The summed E-state index contributed by atoms with van der Waals surface area (Å²) in [4.78, 5) is 2.10. The Morgan fingerprint density at radius 2 is 2.00 bits per heavy atom. The molecule has 0 amide bonds. The Kier molecular flexibility index (Phi) is 4.73. The van der Waals surface area contributed by atoms with Gasteiger partial charge in [0.15, 0.2) is 0 Å². The molecule has 3 atom stereocenters. The highest BCUT2D eigenvalue weighted by atomic mass is 16.5. The summed E-state index contributed by atoms with van der Waals surface area (Å²) in [6.07, 6.45) is -1.52. The molecule has 1 saturated heterocycles. The van der Waals surface area contributed by atoms with E-state index >= 15 is 0 Å². The molecular weight excluding hydrogens is 294 g/mol. The molecular formula is C18H25NO4. The second kappa shape index (κ2) is 6.61. The number of hydrogen-bond acceptors (Lipinski definition) is 5. The number of rotatable bonds is 4. The number of aliphatic hydroxyl groups excluding tert-OH is 2. The van der Waals surface area contributed by atoms with E-state index in [1.807, 2.05) is 7.05 Å². The first-order valence-corrected chi connectivity index (χ1v) is 8.06. The monoisotopic (exact) mass is 319 g/mol. The minimum absolute atomic E-state index is 0.0873. The van der Waals surface area contributed by atoms with E-state index in [9.17, 15) is 10.2 Å². The predicted molar refractivity (Wildman–Crippen MR) is 88.3 cm³/mol. The van der Waals surface area contributed by atoms with Gasteiger partial charge in [-0.3, -0.25) is 4.90 Å². The van der Waals surface area contributed by atoms with Crippen molar-refractivity contribution in [3.8, 4) is 0 Å². The summed E-state index contributed by atoms with van der Waals surface area (Å²) in [5.41, 5.74) is 3.26. The average molecular weight is 319 g/mol. The molecule has 1 aliphatic heterocycles. The fraction of sp³-hybridized carbons (Fsp3) is 0.556. The zero-order chi connectivity index (χ0) is 16.6. The molecule has 1 aromatic carbocycles. The van der Waals surface area contributed by atoms with Gasteiger partial charge in [0.05, 0.1) is 25.9 Å². The van der Waals surface area contributed by atoms with Gasteiger partial charge in [0, 0.05) is 17.8 Å². The Bertz CT molecular complexity index is 681. The number of furan rings is 1. The minimum atomic E-state index is -0.793. The largest absolute Gasteiger partial charge is 0.459 e. The third kappa shape index (κ3) is 3.43. The van der Waals surface area contributed by atoms with Crippen molar-refractivity contribution in [2.45, 2.75) is 32.6 Å². The van der Waals surface area contributed by atoms with Crippen molar-refractivity contribution in [3.05, 3.63) is 35.1 Å². The zero-order valence-corrected chi connectivity index (χ0v) is 14.0. The van der Waals surface area contributed by atoms with Crippen molar-refractivity contribution in [1.29, 1.82) is 0 Å². The lowest BCUT2D eigenvalue weighted by Gasteiger charge is -2.34. The molecule has 3 rings (SSSR count). The van der Waals surface area contributed by atoms with Crippen LogP contribution in [0.25, 0.3) is 11.0 Å². The molecule has 0 saturated carbocycles. The van der Waals surface area contributed by atoms with E-state index in [0.29, 0.717) is 19.7 Å². The van der Waals surface area contributed by atoms with Gasteiger partial charge in [0.25, 0.3) is 0 Å². The van der Waals surface area contributed by atoms with Gasteiger partial charge >= 0.3 is 0 Å². The summed E-state index contributed by atoms with van der Waals surface area (Å²) < 4.78 is 11.3. The number of nitrogens with zero attached hydrogens (tertiary/aromatic N) is 1. The third-order valence-electron chi connectivity index (χ3n) is 4.65. The second-order valence-electron chi connectivity index (χ2n) is 6.70. The average Bonchev–Trinajstić information content (AvgIpc) is 2.79. The van der Waals surface area contributed by atoms with Gasteiger partial charge in [-0.2, -0.15) is 0 Å². The summed E-state index contributed by atoms with van der Waals surface area (Å²) >= 11 is 0. The lowest BCUT2D eigenvalue weighted by atomic mass is 9.96. The maximum absolute atomic E-state index is 10.1. The predicted octanol–water partition coefficient (Wildman–Crippen LogP) is 1.85. The van der Waals surface area contributed by atoms with E-state index in [1.165, 1.54) is 5.56 Å². The van der Waals surface area contributed by atoms with Crippen LogP contribution in [0.15, 0.2) is 22.6 Å². The quantitative estimate of drug-likeness (QED) is 0.900. The fourth-order valence-electron chi connectivity index (χ4n) is 3.26. The Balaban J connectivity index is 1.70. The van der Waals surface area contributed by atoms with Gasteiger partial charge in [0.2, 0.25) is 0 Å². The van der Waals surface area contributed by atoms with Gasteiger partial charge in [-0.05, 0) is 38.1 Å². The van der Waals surface area contributed by atoms with E-state index in [1.54, 1.807) is 0 Å². The van der Waals surface area contributed by atoms with E-state index < -0.39 is 12.2 Å². The standard InChI is InChI=1S/C18H25NO4/c1-11-4-5-14-12(2)17(23-16(14)6-11)8-19(3)7-13-9-22-10-15(20)18(13)21/h4-6,13,15,18,20-21H,7-10H2,1-3H3/t13-,15-,18+/m1/s1. The van der Waals surface area contributed by atoms with Gasteiger partial charge in [-0.1, -0.05) is 12.1 Å². The van der Waals surface area contributed by atoms with Gasteiger partial charge < -0.3 is 19.4 Å². The van der Waals surface area contributed by atoms with E-state index in [4.69, 9.17) is 9.15 Å². The SMILES string of the molecule is Cc1ccc2c(C)c(CN(C)C[C@@H]3COC[C@@H](O)[C@H]3O)oc2c1. The van der Waals surface area contributed by atoms with E-state index in [-0.39, 0.29) is 12.5 Å². The maximum atomic E-state index is 10.1. The molecule has 0 unspecified atom stereocenters. The van der Waals surface area contributed by atoms with Crippen LogP contribution in [0.1, 0.15) is 16.9 Å². The molecule has 0 bridgehead atoms. The van der Waals surface area contributed by atoms with E-state index in [2.05, 4.69) is 36.9 Å². The molecule has 2 heterocycles. The molecule has 0 radical (unpaired) electrons. The summed E-state index contributed by atoms with van der Waals surface area (Å²) in [5.74, 6) is 0.857. The van der Waals surface area contributed by atoms with Crippen LogP contribution in [0.2, 0.25) is 0 Å². The highest BCUT2D eigenvalue weighted by molar-refractivity contribution is 5.82. The van der Waals surface area contributed by atoms with Gasteiger partial charge in [-0.25, -0.2) is 0 Å². The summed E-state index contributed by atoms with van der Waals surface area (Å²) in [7, 11) is 1.99. The maximum Gasteiger partial charge on any atom is 0.134 e. The first-order chi connectivity index (χ1) is 11.0. The van der Waals surface area contributed by atoms with Gasteiger partial charge in [0.1, 0.15) is 17.4 Å². The van der Waals surface area contributed by atoms with Gasteiger partial charge in [-0.15, -0.1) is 0 Å². The van der Waals surface area contributed by atoms with Crippen LogP contribution in [0.4, 0.5) is 0 Å². The van der Waals surface area contributed by atoms with Crippen molar-refractivity contribution >= 4 is 11.0 Å². The zero-order valence-electron chi connectivity index (χ0n) is 14.0. The number of ether oxygens (including phenoxy) is 1. The molecule has 126 valence electrons. The molecule has 2 aromatic rings. The Morgan fingerprint density at radius 3 is 2.78 bits per heavy atom. The first-order valence-electron chi connectivity index (χ1n) is 8.06. The van der Waals surface area contributed by atoms with Crippen LogP contribution in [0, 0.1) is 19.8 Å². The molecule has 5 heteroatoms. The molecule has 5 nitrogen and oxygen atoms in total. The lowest BCUT2D eigenvalue weighted by Crippen LogP contribution is -2.47. The summed E-state index contributed by atoms with van der Waals surface area (Å²) in [5, 5.41) is 20.9. The Hall–Kier alpha value is -1.40. The Morgan fingerprint density at radius 1 is 1.22 bits per heavy atom. The van der Waals surface area contributed by atoms with Crippen molar-refractivity contribution in [2.75, 3.05) is 26.8 Å². The topological polar surface area (TPSA) is 66.1 Å². The molecule has 1 aliphatic rings. The number of hydrogen-bond donors (Lipinski definition) is 2. The summed E-state index contributed by atoms with van der Waals surface area (Å²) in [6.45, 7) is 6.13. The molecule has 0 spiro atoms. The van der Waals surface area contributed by atoms with Crippen LogP contribution in [0.3, 0.4) is 0 Å². The Labute approximate surface area is 136 Å². The number of fused-ring (bicyclic) bond motifs is 1. The first kappa shape index (κ1) is 16.5. The van der Waals surface area contributed by atoms with E-state index in [0.717, 1.165) is 22.3 Å². The lowest BCUT2D eigenvalue weighted by molar-refractivity contribution is -0.125. The minimum Gasteiger partial charge on any atom is -0.459 e. The van der Waals surface area contributed by atoms with Crippen LogP contribution >= 0.6 is 0 Å². The molecule has 0 aliphatic carbocycles. The fourth-order valence-corrected chi connectivity index (χ4v) is 3.26.